The number of benzene rings is 1. The Kier molecular flexibility index (Phi) is 3.52. The van der Waals surface area contributed by atoms with Gasteiger partial charge in [-0.2, -0.15) is 0 Å². The maximum absolute atomic E-state index is 14.0. The molecule has 0 N–H and O–H groups in total. The molecular formula is C13H11F2NO4. The van der Waals surface area contributed by atoms with E-state index in [1.807, 2.05) is 0 Å². The number of esters is 1. The van der Waals surface area contributed by atoms with Crippen LogP contribution in [-0.4, -0.2) is 30.6 Å². The summed E-state index contributed by atoms with van der Waals surface area (Å²) in [4.78, 5) is 35.0. The van der Waals surface area contributed by atoms with Crippen molar-refractivity contribution in [2.24, 2.45) is 0 Å². The molecule has 1 heterocycles. The van der Waals surface area contributed by atoms with Crippen LogP contribution in [0.3, 0.4) is 0 Å². The summed E-state index contributed by atoms with van der Waals surface area (Å²) in [6.07, 6.45) is -2.55. The van der Waals surface area contributed by atoms with Crippen molar-refractivity contribution in [3.8, 4) is 0 Å². The van der Waals surface area contributed by atoms with Gasteiger partial charge in [-0.25, -0.2) is 13.6 Å². The van der Waals surface area contributed by atoms with Crippen LogP contribution in [0.5, 0.6) is 0 Å². The van der Waals surface area contributed by atoms with Crippen LogP contribution in [-0.2, 0) is 14.3 Å². The molecule has 1 atom stereocenters. The fourth-order valence-electron chi connectivity index (χ4n) is 2.01. The summed E-state index contributed by atoms with van der Waals surface area (Å²) in [6, 6.07) is 2.33. The lowest BCUT2D eigenvalue weighted by Gasteiger charge is -2.20. The molecule has 1 aliphatic heterocycles. The van der Waals surface area contributed by atoms with Crippen molar-refractivity contribution in [1.29, 1.82) is 0 Å². The topological polar surface area (TPSA) is 63.7 Å². The highest BCUT2D eigenvalue weighted by Gasteiger charge is 2.45. The minimum Gasteiger partial charge on any atom is -0.462 e. The zero-order chi connectivity index (χ0) is 15.0. The number of nitrogens with zero attached hydrogens (tertiary/aromatic N) is 1. The van der Waals surface area contributed by atoms with Gasteiger partial charge in [-0.05, 0) is 31.5 Å². The van der Waals surface area contributed by atoms with Gasteiger partial charge in [-0.1, -0.05) is 0 Å². The monoisotopic (exact) mass is 283 g/mol. The molecule has 0 saturated carbocycles. The third kappa shape index (κ3) is 2.04. The molecule has 1 aliphatic rings. The van der Waals surface area contributed by atoms with Gasteiger partial charge < -0.3 is 4.74 Å². The first kappa shape index (κ1) is 14.1. The molecule has 2 rings (SSSR count). The van der Waals surface area contributed by atoms with E-state index >= 15 is 0 Å². The number of rotatable bonds is 3. The van der Waals surface area contributed by atoms with E-state index in [4.69, 9.17) is 0 Å². The van der Waals surface area contributed by atoms with Gasteiger partial charge in [0, 0.05) is 0 Å². The first-order valence-corrected chi connectivity index (χ1v) is 5.87. The Morgan fingerprint density at radius 2 is 2.05 bits per heavy atom. The molecule has 0 spiro atoms. The molecule has 1 unspecified atom stereocenters. The van der Waals surface area contributed by atoms with Crippen molar-refractivity contribution in [3.05, 3.63) is 29.1 Å². The number of fused-ring (bicyclic) bond motifs is 1. The SMILES string of the molecule is CCOC(=O)C(F)N1C(=O)C(=O)c2cc(C)cc(F)c21. The molecule has 1 aromatic carbocycles. The van der Waals surface area contributed by atoms with E-state index in [-0.39, 0.29) is 17.1 Å². The van der Waals surface area contributed by atoms with Crippen molar-refractivity contribution in [1.82, 2.24) is 0 Å². The van der Waals surface area contributed by atoms with Crippen molar-refractivity contribution in [3.63, 3.8) is 0 Å². The van der Waals surface area contributed by atoms with Gasteiger partial charge >= 0.3 is 11.9 Å². The summed E-state index contributed by atoms with van der Waals surface area (Å²) in [6.45, 7) is 2.89. The van der Waals surface area contributed by atoms with E-state index in [9.17, 15) is 23.2 Å². The Bertz CT molecular complexity index is 615. The number of anilines is 1. The number of alkyl halides is 1. The summed E-state index contributed by atoms with van der Waals surface area (Å²) in [5.74, 6) is -4.62. The van der Waals surface area contributed by atoms with E-state index in [1.54, 1.807) is 0 Å². The Morgan fingerprint density at radius 3 is 2.65 bits per heavy atom. The first-order valence-electron chi connectivity index (χ1n) is 5.87. The van der Waals surface area contributed by atoms with Crippen LogP contribution in [0.25, 0.3) is 0 Å². The summed E-state index contributed by atoms with van der Waals surface area (Å²) >= 11 is 0. The number of aryl methyl sites for hydroxylation is 1. The van der Waals surface area contributed by atoms with Gasteiger partial charge in [0.2, 0.25) is 0 Å². The minimum absolute atomic E-state index is 0.0987. The third-order valence-electron chi connectivity index (χ3n) is 2.81. The number of halogens is 2. The highest BCUT2D eigenvalue weighted by molar-refractivity contribution is 6.52. The molecular weight excluding hydrogens is 272 g/mol. The lowest BCUT2D eigenvalue weighted by atomic mass is 10.1. The average molecular weight is 283 g/mol. The lowest BCUT2D eigenvalue weighted by Crippen LogP contribution is -2.42. The van der Waals surface area contributed by atoms with Gasteiger partial charge in [-0.15, -0.1) is 0 Å². The molecule has 5 nitrogen and oxygen atoms in total. The standard InChI is InChI=1S/C13H11F2NO4/c1-3-20-13(19)11(15)16-9-7(10(17)12(16)18)4-6(2)5-8(9)14/h4-5,11H,3H2,1-2H3. The second kappa shape index (κ2) is 4.99. The lowest BCUT2D eigenvalue weighted by molar-refractivity contribution is -0.150. The third-order valence-corrected chi connectivity index (χ3v) is 2.81. The van der Waals surface area contributed by atoms with E-state index in [2.05, 4.69) is 4.74 Å². The van der Waals surface area contributed by atoms with Crippen LogP contribution < -0.4 is 4.90 Å². The van der Waals surface area contributed by atoms with Crippen molar-refractivity contribution in [2.75, 3.05) is 11.5 Å². The number of ether oxygens (including phenoxy) is 1. The van der Waals surface area contributed by atoms with Gasteiger partial charge in [0.05, 0.1) is 17.9 Å². The maximum atomic E-state index is 14.0. The summed E-state index contributed by atoms with van der Waals surface area (Å²) in [5, 5.41) is 0. The normalized spacial score (nSPS) is 15.3. The molecule has 0 radical (unpaired) electrons. The summed E-state index contributed by atoms with van der Waals surface area (Å²) in [5.41, 5.74) is -0.360. The van der Waals surface area contributed by atoms with Crippen LogP contribution in [0.2, 0.25) is 0 Å². The van der Waals surface area contributed by atoms with Crippen LogP contribution in [0.1, 0.15) is 22.8 Å². The number of amides is 1. The van der Waals surface area contributed by atoms with Crippen molar-refractivity contribution >= 4 is 23.3 Å². The minimum atomic E-state index is -2.55. The number of hydrogen-bond acceptors (Lipinski definition) is 4. The summed E-state index contributed by atoms with van der Waals surface area (Å²) < 4.78 is 32.3. The highest BCUT2D eigenvalue weighted by atomic mass is 19.1. The number of carbonyl (C=O) groups excluding carboxylic acids is 3. The van der Waals surface area contributed by atoms with Crippen LogP contribution >= 0.6 is 0 Å². The molecule has 1 aromatic rings. The van der Waals surface area contributed by atoms with Crippen LogP contribution in [0.4, 0.5) is 14.5 Å². The maximum Gasteiger partial charge on any atom is 0.362 e. The fraction of sp³-hybridized carbons (Fsp3) is 0.308. The average Bonchev–Trinajstić information content (AvgIpc) is 2.63. The molecule has 0 aromatic heterocycles. The van der Waals surface area contributed by atoms with Crippen molar-refractivity contribution in [2.45, 2.75) is 20.1 Å². The number of Topliss-reactive ketones (excluding diaryl/α,β-unsaturated/α-hetero) is 1. The molecule has 0 bridgehead atoms. The first-order chi connectivity index (χ1) is 9.38. The zero-order valence-corrected chi connectivity index (χ0v) is 10.8. The molecule has 1 amide bonds. The zero-order valence-electron chi connectivity index (χ0n) is 10.8. The highest BCUT2D eigenvalue weighted by Crippen LogP contribution is 2.34. The van der Waals surface area contributed by atoms with Crippen LogP contribution in [0.15, 0.2) is 12.1 Å². The van der Waals surface area contributed by atoms with E-state index in [1.165, 1.54) is 19.9 Å². The van der Waals surface area contributed by atoms with Gasteiger partial charge in [0.1, 0.15) is 5.82 Å². The Morgan fingerprint density at radius 1 is 1.40 bits per heavy atom. The Hall–Kier alpha value is -2.31. The van der Waals surface area contributed by atoms with Gasteiger partial charge in [-0.3, -0.25) is 14.5 Å². The molecule has 0 fully saturated rings. The Labute approximate surface area is 113 Å². The number of hydrogen-bond donors (Lipinski definition) is 0. The van der Waals surface area contributed by atoms with E-state index in [0.29, 0.717) is 5.56 Å². The fourth-order valence-corrected chi connectivity index (χ4v) is 2.01. The predicted octanol–water partition coefficient (Wildman–Crippen LogP) is 1.52. The smallest absolute Gasteiger partial charge is 0.362 e. The predicted molar refractivity (Wildman–Crippen MR) is 64.5 cm³/mol. The molecule has 0 aliphatic carbocycles. The second-order valence-electron chi connectivity index (χ2n) is 4.24. The van der Waals surface area contributed by atoms with Crippen LogP contribution in [0, 0.1) is 12.7 Å². The van der Waals surface area contributed by atoms with E-state index < -0.39 is 35.5 Å². The van der Waals surface area contributed by atoms with E-state index in [0.717, 1.165) is 6.07 Å². The van der Waals surface area contributed by atoms with Gasteiger partial charge in [0.25, 0.3) is 12.1 Å². The number of carbonyl (C=O) groups is 3. The van der Waals surface area contributed by atoms with Crippen molar-refractivity contribution < 1.29 is 27.9 Å². The quantitative estimate of drug-likeness (QED) is 0.479. The molecule has 20 heavy (non-hydrogen) atoms. The summed E-state index contributed by atoms with van der Waals surface area (Å²) in [7, 11) is 0. The molecule has 7 heteroatoms. The molecule has 106 valence electrons. The molecule has 0 saturated heterocycles. The van der Waals surface area contributed by atoms with Gasteiger partial charge in [0.15, 0.2) is 0 Å². The Balaban J connectivity index is 2.51. The number of ketones is 1. The largest absolute Gasteiger partial charge is 0.462 e. The second-order valence-corrected chi connectivity index (χ2v) is 4.24.